The van der Waals surface area contributed by atoms with Crippen molar-refractivity contribution in [2.45, 2.75) is 25.1 Å². The van der Waals surface area contributed by atoms with E-state index >= 15 is 0 Å². The maximum Gasteiger partial charge on any atom is 0.418 e. The fourth-order valence-corrected chi connectivity index (χ4v) is 2.63. The summed E-state index contributed by atoms with van der Waals surface area (Å²) >= 11 is 0. The second-order valence-corrected chi connectivity index (χ2v) is 5.71. The van der Waals surface area contributed by atoms with Gasteiger partial charge in [-0.05, 0) is 25.0 Å². The Labute approximate surface area is 126 Å². The van der Waals surface area contributed by atoms with Crippen LogP contribution in [0.5, 0.6) is 0 Å². The van der Waals surface area contributed by atoms with E-state index in [2.05, 4.69) is 5.32 Å². The summed E-state index contributed by atoms with van der Waals surface area (Å²) in [6, 6.07) is 5.77. The van der Waals surface area contributed by atoms with E-state index in [1.54, 1.807) is 15.9 Å². The number of nitrogens with zero attached hydrogens (tertiary/aromatic N) is 2. The molecule has 1 aliphatic carbocycles. The number of anilines is 1. The molecule has 7 heteroatoms. The summed E-state index contributed by atoms with van der Waals surface area (Å²) in [5.41, 5.74) is -0.428. The second-order valence-electron chi connectivity index (χ2n) is 5.71. The summed E-state index contributed by atoms with van der Waals surface area (Å²) in [4.78, 5) is 15.3. The van der Waals surface area contributed by atoms with Crippen LogP contribution in [-0.2, 0) is 6.18 Å². The van der Waals surface area contributed by atoms with Crippen LogP contribution in [0.1, 0.15) is 18.4 Å². The van der Waals surface area contributed by atoms with Gasteiger partial charge in [0.15, 0.2) is 0 Å². The van der Waals surface area contributed by atoms with Crippen molar-refractivity contribution in [1.82, 2.24) is 10.2 Å². The average molecular weight is 313 g/mol. The molecule has 1 aromatic carbocycles. The third-order valence-electron chi connectivity index (χ3n) is 4.02. The minimum atomic E-state index is -4.36. The van der Waals surface area contributed by atoms with E-state index in [1.807, 2.05) is 0 Å². The lowest BCUT2D eigenvalue weighted by Gasteiger charge is -2.37. The molecule has 0 aromatic heterocycles. The largest absolute Gasteiger partial charge is 0.418 e. The van der Waals surface area contributed by atoms with Gasteiger partial charge in [0.25, 0.3) is 0 Å². The Kier molecular flexibility index (Phi) is 3.88. The summed E-state index contributed by atoms with van der Waals surface area (Å²) in [5.74, 6) is 0. The van der Waals surface area contributed by atoms with Crippen molar-refractivity contribution in [3.63, 3.8) is 0 Å². The predicted octanol–water partition coefficient (Wildman–Crippen LogP) is 2.70. The van der Waals surface area contributed by atoms with Crippen molar-refractivity contribution in [1.29, 1.82) is 0 Å². The van der Waals surface area contributed by atoms with E-state index in [1.165, 1.54) is 12.1 Å². The first-order valence-electron chi connectivity index (χ1n) is 7.42. The lowest BCUT2D eigenvalue weighted by Crippen LogP contribution is -2.52. The normalized spacial score (nSPS) is 19.2. The van der Waals surface area contributed by atoms with Crippen molar-refractivity contribution < 1.29 is 18.0 Å². The van der Waals surface area contributed by atoms with Crippen LogP contribution in [0.4, 0.5) is 23.7 Å². The monoisotopic (exact) mass is 313 g/mol. The van der Waals surface area contributed by atoms with Gasteiger partial charge < -0.3 is 15.1 Å². The summed E-state index contributed by atoms with van der Waals surface area (Å²) in [7, 11) is 0. The Morgan fingerprint density at radius 3 is 2.32 bits per heavy atom. The van der Waals surface area contributed by atoms with Crippen molar-refractivity contribution in [3.8, 4) is 0 Å². The highest BCUT2D eigenvalue weighted by Crippen LogP contribution is 2.36. The van der Waals surface area contributed by atoms with Crippen molar-refractivity contribution >= 4 is 11.7 Å². The number of alkyl halides is 3. The number of amides is 2. The zero-order valence-corrected chi connectivity index (χ0v) is 12.1. The second kappa shape index (κ2) is 5.70. The number of urea groups is 1. The first-order valence-corrected chi connectivity index (χ1v) is 7.42. The Hall–Kier alpha value is -1.92. The first kappa shape index (κ1) is 15.0. The number of hydrogen-bond acceptors (Lipinski definition) is 2. The third-order valence-corrected chi connectivity index (χ3v) is 4.02. The van der Waals surface area contributed by atoms with Gasteiger partial charge in [-0.2, -0.15) is 13.2 Å². The molecule has 1 heterocycles. The highest BCUT2D eigenvalue weighted by molar-refractivity contribution is 5.75. The molecule has 1 N–H and O–H groups in total. The number of rotatable bonds is 2. The molecule has 0 spiro atoms. The Bertz CT molecular complexity index is 549. The number of para-hydroxylation sites is 1. The molecule has 2 aliphatic rings. The fourth-order valence-electron chi connectivity index (χ4n) is 2.63. The van der Waals surface area contributed by atoms with Crippen molar-refractivity contribution in [3.05, 3.63) is 29.8 Å². The molecule has 0 atom stereocenters. The highest BCUT2D eigenvalue weighted by atomic mass is 19.4. The van der Waals surface area contributed by atoms with Crippen LogP contribution in [0, 0.1) is 0 Å². The molecule has 1 saturated carbocycles. The molecule has 4 nitrogen and oxygen atoms in total. The average Bonchev–Trinajstić information content (AvgIpc) is 3.30. The maximum atomic E-state index is 13.1. The van der Waals surface area contributed by atoms with Gasteiger partial charge in [-0.3, -0.25) is 0 Å². The molecule has 1 saturated heterocycles. The van der Waals surface area contributed by atoms with Crippen molar-refractivity contribution in [2.75, 3.05) is 31.1 Å². The van der Waals surface area contributed by atoms with Crippen LogP contribution in [-0.4, -0.2) is 43.2 Å². The van der Waals surface area contributed by atoms with Gasteiger partial charge in [0.1, 0.15) is 0 Å². The lowest BCUT2D eigenvalue weighted by atomic mass is 10.1. The Morgan fingerprint density at radius 2 is 1.73 bits per heavy atom. The van der Waals surface area contributed by atoms with E-state index in [0.29, 0.717) is 26.2 Å². The van der Waals surface area contributed by atoms with Gasteiger partial charge in [-0.1, -0.05) is 12.1 Å². The Balaban J connectivity index is 1.65. The van der Waals surface area contributed by atoms with Gasteiger partial charge in [0.2, 0.25) is 0 Å². The summed E-state index contributed by atoms with van der Waals surface area (Å²) in [5, 5.41) is 2.90. The van der Waals surface area contributed by atoms with E-state index in [9.17, 15) is 18.0 Å². The fraction of sp³-hybridized carbons (Fsp3) is 0.533. The van der Waals surface area contributed by atoms with Gasteiger partial charge >= 0.3 is 12.2 Å². The topological polar surface area (TPSA) is 35.6 Å². The smallest absolute Gasteiger partial charge is 0.367 e. The first-order chi connectivity index (χ1) is 10.4. The summed E-state index contributed by atoms with van der Waals surface area (Å²) < 4.78 is 39.2. The zero-order chi connectivity index (χ0) is 15.7. The number of carbonyl (C=O) groups excluding carboxylic acids is 1. The molecule has 120 valence electrons. The highest BCUT2D eigenvalue weighted by Gasteiger charge is 2.35. The summed E-state index contributed by atoms with van der Waals surface area (Å²) in [6.45, 7) is 1.69. The van der Waals surface area contributed by atoms with Crippen molar-refractivity contribution in [2.24, 2.45) is 0 Å². The zero-order valence-electron chi connectivity index (χ0n) is 12.1. The lowest BCUT2D eigenvalue weighted by molar-refractivity contribution is -0.137. The van der Waals surface area contributed by atoms with Gasteiger partial charge in [-0.15, -0.1) is 0 Å². The van der Waals surface area contributed by atoms with Crippen LogP contribution in [0.2, 0.25) is 0 Å². The number of piperazine rings is 1. The van der Waals surface area contributed by atoms with E-state index in [0.717, 1.165) is 18.9 Å². The molecule has 2 fully saturated rings. The molecule has 1 aliphatic heterocycles. The molecule has 0 bridgehead atoms. The van der Waals surface area contributed by atoms with E-state index in [4.69, 9.17) is 0 Å². The Morgan fingerprint density at radius 1 is 1.09 bits per heavy atom. The van der Waals surface area contributed by atoms with Gasteiger partial charge in [-0.25, -0.2) is 4.79 Å². The van der Waals surface area contributed by atoms with E-state index < -0.39 is 11.7 Å². The number of halogens is 3. The molecular formula is C15H18F3N3O. The van der Waals surface area contributed by atoms with E-state index in [-0.39, 0.29) is 17.8 Å². The van der Waals surface area contributed by atoms with Crippen LogP contribution in [0.15, 0.2) is 24.3 Å². The standard InChI is InChI=1S/C15H18F3N3O/c16-15(17,18)12-3-1-2-4-13(12)20-7-9-21(10-8-20)14(22)19-11-5-6-11/h1-4,11H,5-10H2,(H,19,22). The molecule has 1 aromatic rings. The molecular weight excluding hydrogens is 295 g/mol. The van der Waals surface area contributed by atoms with Crippen LogP contribution in [0.25, 0.3) is 0 Å². The maximum absolute atomic E-state index is 13.1. The number of benzene rings is 1. The minimum absolute atomic E-state index is 0.105. The van der Waals surface area contributed by atoms with Crippen LogP contribution >= 0.6 is 0 Å². The summed E-state index contributed by atoms with van der Waals surface area (Å²) in [6.07, 6.45) is -2.33. The molecule has 2 amide bonds. The van der Waals surface area contributed by atoms with Gasteiger partial charge in [0, 0.05) is 37.9 Å². The molecule has 0 unspecified atom stereocenters. The SMILES string of the molecule is O=C(NC1CC1)N1CCN(c2ccccc2C(F)(F)F)CC1. The number of hydrogen-bond donors (Lipinski definition) is 1. The minimum Gasteiger partial charge on any atom is -0.367 e. The van der Waals surface area contributed by atoms with Crippen LogP contribution < -0.4 is 10.2 Å². The molecule has 3 rings (SSSR count). The number of nitrogens with one attached hydrogen (secondary N) is 1. The third kappa shape index (κ3) is 3.28. The van der Waals surface area contributed by atoms with Crippen LogP contribution in [0.3, 0.4) is 0 Å². The van der Waals surface area contributed by atoms with Gasteiger partial charge in [0.05, 0.1) is 5.56 Å². The quantitative estimate of drug-likeness (QED) is 0.911. The number of carbonyl (C=O) groups is 1. The molecule has 22 heavy (non-hydrogen) atoms. The molecule has 0 radical (unpaired) electrons. The predicted molar refractivity (Wildman–Crippen MR) is 76.8 cm³/mol.